The molecule has 0 bridgehead atoms. The second-order valence-electron chi connectivity index (χ2n) is 4.37. The van der Waals surface area contributed by atoms with Gasteiger partial charge in [-0.25, -0.2) is 0 Å². The molecule has 16 heavy (non-hydrogen) atoms. The molecule has 1 aliphatic heterocycles. The molecular formula is C11H15BrClNOS. The molecule has 1 saturated heterocycles. The molecule has 0 aliphatic carbocycles. The molecule has 1 N–H and O–H groups in total. The fourth-order valence-electron chi connectivity index (χ4n) is 1.83. The lowest BCUT2D eigenvalue weighted by Crippen LogP contribution is -2.47. The molecule has 1 aliphatic rings. The predicted octanol–water partition coefficient (Wildman–Crippen LogP) is 3.82. The lowest BCUT2D eigenvalue weighted by Gasteiger charge is -2.28. The summed E-state index contributed by atoms with van der Waals surface area (Å²) in [5, 5.41) is 3.57. The van der Waals surface area contributed by atoms with Crippen LogP contribution in [0.25, 0.3) is 0 Å². The Morgan fingerprint density at radius 3 is 3.00 bits per heavy atom. The van der Waals surface area contributed by atoms with Crippen molar-refractivity contribution in [1.29, 1.82) is 0 Å². The van der Waals surface area contributed by atoms with Gasteiger partial charge in [-0.05, 0) is 42.3 Å². The van der Waals surface area contributed by atoms with E-state index in [1.807, 2.05) is 0 Å². The number of thiophene rings is 1. The smallest absolute Gasteiger partial charge is 0.107 e. The van der Waals surface area contributed by atoms with Crippen LogP contribution >= 0.6 is 38.9 Å². The minimum atomic E-state index is 0.0863. The van der Waals surface area contributed by atoms with Gasteiger partial charge in [-0.1, -0.05) is 11.6 Å². The summed E-state index contributed by atoms with van der Waals surface area (Å²) < 4.78 is 7.39. The standard InChI is InChI=1S/C11H15BrClNOS/c1-7-11(2,3-4-15-7)14-6-8-5-9(12)10(13)16-8/h5,7,14H,3-4,6H2,1-2H3. The first-order valence-electron chi connectivity index (χ1n) is 5.31. The lowest BCUT2D eigenvalue weighted by molar-refractivity contribution is 0.0882. The second-order valence-corrected chi connectivity index (χ2v) is 6.96. The van der Waals surface area contributed by atoms with Gasteiger partial charge in [0.1, 0.15) is 4.34 Å². The van der Waals surface area contributed by atoms with Crippen molar-refractivity contribution in [2.45, 2.75) is 38.5 Å². The van der Waals surface area contributed by atoms with Crippen molar-refractivity contribution in [3.05, 3.63) is 19.8 Å². The minimum absolute atomic E-state index is 0.0863. The van der Waals surface area contributed by atoms with Crippen LogP contribution in [0.1, 0.15) is 25.1 Å². The number of nitrogens with one attached hydrogen (secondary N) is 1. The van der Waals surface area contributed by atoms with Crippen molar-refractivity contribution >= 4 is 38.9 Å². The normalized spacial score (nSPS) is 29.9. The highest BCUT2D eigenvalue weighted by atomic mass is 79.9. The number of rotatable bonds is 3. The van der Waals surface area contributed by atoms with Crippen molar-refractivity contribution in [3.8, 4) is 0 Å². The van der Waals surface area contributed by atoms with Gasteiger partial charge in [0, 0.05) is 28.0 Å². The first kappa shape index (κ1) is 12.8. The van der Waals surface area contributed by atoms with Crippen molar-refractivity contribution < 1.29 is 4.74 Å². The molecule has 2 nitrogen and oxygen atoms in total. The first-order chi connectivity index (χ1) is 7.51. The average Bonchev–Trinajstić information content (AvgIpc) is 2.71. The van der Waals surface area contributed by atoms with E-state index in [2.05, 4.69) is 41.2 Å². The first-order valence-corrected chi connectivity index (χ1v) is 7.30. The summed E-state index contributed by atoms with van der Waals surface area (Å²) in [7, 11) is 0. The SMILES string of the molecule is CC1OCCC1(C)NCc1cc(Br)c(Cl)s1. The fraction of sp³-hybridized carbons (Fsp3) is 0.636. The van der Waals surface area contributed by atoms with Crippen LogP contribution in [0, 0.1) is 0 Å². The molecule has 2 unspecified atom stereocenters. The molecule has 2 heterocycles. The quantitative estimate of drug-likeness (QED) is 0.912. The molecule has 0 aromatic carbocycles. The molecule has 1 fully saturated rings. The molecule has 5 heteroatoms. The maximum Gasteiger partial charge on any atom is 0.107 e. The van der Waals surface area contributed by atoms with Gasteiger partial charge in [0.25, 0.3) is 0 Å². The summed E-state index contributed by atoms with van der Waals surface area (Å²) in [5.74, 6) is 0. The third-order valence-corrected chi connectivity index (χ3v) is 5.72. The van der Waals surface area contributed by atoms with Gasteiger partial charge < -0.3 is 10.1 Å². The Bertz CT molecular complexity index is 365. The van der Waals surface area contributed by atoms with E-state index in [9.17, 15) is 0 Å². The van der Waals surface area contributed by atoms with E-state index in [4.69, 9.17) is 16.3 Å². The summed E-state index contributed by atoms with van der Waals surface area (Å²) >= 11 is 11.0. The molecule has 0 radical (unpaired) electrons. The monoisotopic (exact) mass is 323 g/mol. The highest BCUT2D eigenvalue weighted by Crippen LogP contribution is 2.33. The molecule has 1 aromatic heterocycles. The van der Waals surface area contributed by atoms with E-state index in [0.29, 0.717) is 0 Å². The van der Waals surface area contributed by atoms with Gasteiger partial charge in [-0.15, -0.1) is 11.3 Å². The van der Waals surface area contributed by atoms with Crippen LogP contribution in [0.2, 0.25) is 4.34 Å². The summed E-state index contributed by atoms with van der Waals surface area (Å²) in [4.78, 5) is 1.25. The summed E-state index contributed by atoms with van der Waals surface area (Å²) in [5.41, 5.74) is 0.0863. The van der Waals surface area contributed by atoms with Crippen molar-refractivity contribution in [2.24, 2.45) is 0 Å². The lowest BCUT2D eigenvalue weighted by atomic mass is 9.95. The number of halogens is 2. The predicted molar refractivity (Wildman–Crippen MR) is 72.3 cm³/mol. The van der Waals surface area contributed by atoms with Crippen molar-refractivity contribution in [2.75, 3.05) is 6.61 Å². The van der Waals surface area contributed by atoms with Crippen LogP contribution in [-0.2, 0) is 11.3 Å². The average molecular weight is 325 g/mol. The topological polar surface area (TPSA) is 21.3 Å². The zero-order chi connectivity index (χ0) is 11.8. The van der Waals surface area contributed by atoms with Crippen LogP contribution in [0.15, 0.2) is 10.5 Å². The van der Waals surface area contributed by atoms with Crippen LogP contribution < -0.4 is 5.32 Å². The largest absolute Gasteiger partial charge is 0.377 e. The van der Waals surface area contributed by atoms with Crippen LogP contribution in [0.3, 0.4) is 0 Å². The highest BCUT2D eigenvalue weighted by molar-refractivity contribution is 9.10. The Morgan fingerprint density at radius 1 is 1.75 bits per heavy atom. The van der Waals surface area contributed by atoms with Crippen molar-refractivity contribution in [1.82, 2.24) is 5.32 Å². The van der Waals surface area contributed by atoms with Gasteiger partial charge in [0.05, 0.1) is 6.10 Å². The Kier molecular flexibility index (Phi) is 3.97. The molecule has 2 rings (SSSR count). The van der Waals surface area contributed by atoms with Crippen molar-refractivity contribution in [3.63, 3.8) is 0 Å². The number of ether oxygens (including phenoxy) is 1. The molecule has 0 amide bonds. The molecule has 90 valence electrons. The molecule has 2 atom stereocenters. The second kappa shape index (κ2) is 4.94. The van der Waals surface area contributed by atoms with E-state index < -0.39 is 0 Å². The van der Waals surface area contributed by atoms with Crippen LogP contribution in [0.5, 0.6) is 0 Å². The third kappa shape index (κ3) is 2.62. The van der Waals surface area contributed by atoms with E-state index in [1.165, 1.54) is 4.88 Å². The van der Waals surface area contributed by atoms with Gasteiger partial charge in [-0.3, -0.25) is 0 Å². The zero-order valence-electron chi connectivity index (χ0n) is 9.35. The van der Waals surface area contributed by atoms with Gasteiger partial charge in [0.2, 0.25) is 0 Å². The van der Waals surface area contributed by atoms with E-state index in [0.717, 1.165) is 28.4 Å². The Morgan fingerprint density at radius 2 is 2.50 bits per heavy atom. The number of hydrogen-bond donors (Lipinski definition) is 1. The molecule has 0 spiro atoms. The van der Waals surface area contributed by atoms with E-state index in [-0.39, 0.29) is 11.6 Å². The van der Waals surface area contributed by atoms with E-state index >= 15 is 0 Å². The summed E-state index contributed by atoms with van der Waals surface area (Å²) in [6.45, 7) is 6.03. The number of hydrogen-bond acceptors (Lipinski definition) is 3. The molecule has 1 aromatic rings. The fourth-order valence-corrected chi connectivity index (χ4v) is 3.56. The van der Waals surface area contributed by atoms with Gasteiger partial charge >= 0.3 is 0 Å². The zero-order valence-corrected chi connectivity index (χ0v) is 12.5. The maximum absolute atomic E-state index is 6.01. The third-order valence-electron chi connectivity index (χ3n) is 3.25. The Labute approximate surface area is 113 Å². The van der Waals surface area contributed by atoms with Gasteiger partial charge in [-0.2, -0.15) is 0 Å². The summed E-state index contributed by atoms with van der Waals surface area (Å²) in [6.07, 6.45) is 1.33. The Balaban J connectivity index is 1.96. The molecule has 0 saturated carbocycles. The van der Waals surface area contributed by atoms with Crippen LogP contribution in [0.4, 0.5) is 0 Å². The Hall–Kier alpha value is 0.390. The minimum Gasteiger partial charge on any atom is -0.377 e. The summed E-state index contributed by atoms with van der Waals surface area (Å²) in [6, 6.07) is 2.07. The van der Waals surface area contributed by atoms with E-state index in [1.54, 1.807) is 11.3 Å². The van der Waals surface area contributed by atoms with Gasteiger partial charge in [0.15, 0.2) is 0 Å². The maximum atomic E-state index is 6.01. The van der Waals surface area contributed by atoms with Crippen LogP contribution in [-0.4, -0.2) is 18.2 Å². The molecular weight excluding hydrogens is 310 g/mol. The highest BCUT2D eigenvalue weighted by Gasteiger charge is 2.36.